The van der Waals surface area contributed by atoms with Crippen molar-refractivity contribution in [1.82, 2.24) is 20.0 Å². The summed E-state index contributed by atoms with van der Waals surface area (Å²) in [6.45, 7) is 10.1. The van der Waals surface area contributed by atoms with Gasteiger partial charge in [0.15, 0.2) is 5.78 Å². The Kier molecular flexibility index (Phi) is 8.07. The summed E-state index contributed by atoms with van der Waals surface area (Å²) in [5.74, 6) is -0.189. The van der Waals surface area contributed by atoms with Crippen LogP contribution in [0.25, 0.3) is 0 Å². The molecule has 0 radical (unpaired) electrons. The van der Waals surface area contributed by atoms with Crippen LogP contribution in [0.5, 0.6) is 0 Å². The van der Waals surface area contributed by atoms with Gasteiger partial charge in [-0.3, -0.25) is 34.3 Å². The number of ketones is 1. The van der Waals surface area contributed by atoms with Gasteiger partial charge in [0.25, 0.3) is 5.91 Å². The summed E-state index contributed by atoms with van der Waals surface area (Å²) in [5.41, 5.74) is 0.614. The molecule has 1 aliphatic carbocycles. The van der Waals surface area contributed by atoms with Crippen molar-refractivity contribution in [3.05, 3.63) is 16.0 Å². The van der Waals surface area contributed by atoms with Crippen molar-refractivity contribution in [2.24, 2.45) is 5.41 Å². The molecule has 5 rings (SSSR count). The number of amides is 5. The number of thiophene rings is 1. The van der Waals surface area contributed by atoms with E-state index in [0.29, 0.717) is 60.8 Å². The average Bonchev–Trinajstić information content (AvgIpc) is 3.37. The highest BCUT2D eigenvalue weighted by Gasteiger charge is 2.54. The van der Waals surface area contributed by atoms with Crippen LogP contribution in [0, 0.1) is 5.41 Å². The quantitative estimate of drug-likeness (QED) is 0.521. The molecule has 1 spiro atoms. The van der Waals surface area contributed by atoms with E-state index in [0.717, 1.165) is 37.8 Å². The number of Topliss-reactive ketones (excluding diaryl/α,β-unsaturated/α-hetero) is 1. The van der Waals surface area contributed by atoms with Gasteiger partial charge < -0.3 is 10.2 Å². The van der Waals surface area contributed by atoms with E-state index in [4.69, 9.17) is 0 Å². The first-order valence-corrected chi connectivity index (χ1v) is 15.5. The van der Waals surface area contributed by atoms with Crippen LogP contribution < -0.4 is 10.6 Å². The summed E-state index contributed by atoms with van der Waals surface area (Å²) in [4.78, 5) is 71.3. The minimum Gasteiger partial charge on any atom is -0.338 e. The van der Waals surface area contributed by atoms with Crippen LogP contribution in [-0.4, -0.2) is 88.5 Å². The zero-order valence-electron chi connectivity index (χ0n) is 24.0. The van der Waals surface area contributed by atoms with E-state index in [9.17, 15) is 24.0 Å². The summed E-state index contributed by atoms with van der Waals surface area (Å²) in [6, 6.07) is -0.333. The van der Waals surface area contributed by atoms with E-state index >= 15 is 0 Å². The van der Waals surface area contributed by atoms with Gasteiger partial charge in [0.1, 0.15) is 5.00 Å². The number of imide groups is 1. The number of carbonyl (C=O) groups excluding carboxylic acids is 5. The Morgan fingerprint density at radius 1 is 1.00 bits per heavy atom. The Morgan fingerprint density at radius 2 is 1.73 bits per heavy atom. The molecule has 1 aromatic heterocycles. The molecule has 0 bridgehead atoms. The molecule has 1 aromatic rings. The molecule has 11 heteroatoms. The normalized spacial score (nSPS) is 24.4. The topological polar surface area (TPSA) is 119 Å². The third-order valence-corrected chi connectivity index (χ3v) is 9.96. The maximum absolute atomic E-state index is 13.9. The number of fused-ring (bicyclic) bond motifs is 1. The molecule has 40 heavy (non-hydrogen) atoms. The number of likely N-dealkylation sites (tertiary alicyclic amines) is 3. The number of piperidine rings is 2. The van der Waals surface area contributed by atoms with Crippen LogP contribution in [0.3, 0.4) is 0 Å². The van der Waals surface area contributed by atoms with Gasteiger partial charge >= 0.3 is 6.03 Å². The number of hydrogen-bond acceptors (Lipinski definition) is 7. The fourth-order valence-corrected chi connectivity index (χ4v) is 8.12. The minimum atomic E-state index is -0.619. The summed E-state index contributed by atoms with van der Waals surface area (Å²) >= 11 is 1.21. The zero-order valence-corrected chi connectivity index (χ0v) is 24.8. The van der Waals surface area contributed by atoms with Crippen molar-refractivity contribution in [2.45, 2.75) is 97.2 Å². The molecule has 3 saturated heterocycles. The number of hydrogen-bond donors (Lipinski definition) is 2. The monoisotopic (exact) mass is 571 g/mol. The van der Waals surface area contributed by atoms with E-state index in [1.165, 1.54) is 16.2 Å². The van der Waals surface area contributed by atoms with Crippen LogP contribution in [0.1, 0.15) is 98.2 Å². The van der Waals surface area contributed by atoms with Gasteiger partial charge in [-0.1, -0.05) is 0 Å². The maximum Gasteiger partial charge on any atom is 0.320 e. The van der Waals surface area contributed by atoms with Crippen LogP contribution in [0.2, 0.25) is 0 Å². The van der Waals surface area contributed by atoms with Crippen molar-refractivity contribution >= 4 is 45.9 Å². The van der Waals surface area contributed by atoms with Crippen molar-refractivity contribution in [1.29, 1.82) is 0 Å². The van der Waals surface area contributed by atoms with Crippen molar-refractivity contribution in [3.63, 3.8) is 0 Å². The second kappa shape index (κ2) is 11.2. The second-order valence-electron chi connectivity index (χ2n) is 12.4. The largest absolute Gasteiger partial charge is 0.338 e. The fourth-order valence-electron chi connectivity index (χ4n) is 6.92. The zero-order chi connectivity index (χ0) is 28.8. The van der Waals surface area contributed by atoms with E-state index in [1.54, 1.807) is 0 Å². The first-order valence-electron chi connectivity index (χ1n) is 14.7. The molecule has 1 unspecified atom stereocenters. The van der Waals surface area contributed by atoms with Gasteiger partial charge in [-0.15, -0.1) is 11.3 Å². The molecule has 2 N–H and O–H groups in total. The number of rotatable bonds is 5. The van der Waals surface area contributed by atoms with Crippen LogP contribution >= 0.6 is 11.3 Å². The van der Waals surface area contributed by atoms with Crippen LogP contribution in [0.4, 0.5) is 9.80 Å². The highest BCUT2D eigenvalue weighted by atomic mass is 32.1. The molecule has 10 nitrogen and oxygen atoms in total. The summed E-state index contributed by atoms with van der Waals surface area (Å²) in [7, 11) is 0. The van der Waals surface area contributed by atoms with Gasteiger partial charge in [0.2, 0.25) is 11.8 Å². The standard InChI is InChI=1S/C29H41N5O5S/c1-17(2)30-28(39)31-25-23(20-7-5-8-21(35)24(20)40-25)26(37)32-13-9-19(10-14-32)33-12-6-11-29(16-33)15-22(36)34(18(3)4)27(29)38/h17-19H,5-16H2,1-4H3,(H2,30,31,39). The maximum atomic E-state index is 13.9. The first-order chi connectivity index (χ1) is 19.0. The Bertz CT molecular complexity index is 1220. The average molecular weight is 572 g/mol. The predicted molar refractivity (Wildman–Crippen MR) is 153 cm³/mol. The lowest BCUT2D eigenvalue weighted by Gasteiger charge is -2.45. The smallest absolute Gasteiger partial charge is 0.320 e. The Hall–Kier alpha value is -2.79. The highest BCUT2D eigenvalue weighted by molar-refractivity contribution is 7.18. The molecule has 3 aliphatic heterocycles. The third kappa shape index (κ3) is 5.30. The van der Waals surface area contributed by atoms with Crippen LogP contribution in [-0.2, 0) is 16.0 Å². The lowest BCUT2D eigenvalue weighted by molar-refractivity contribution is -0.145. The van der Waals surface area contributed by atoms with Gasteiger partial charge in [-0.25, -0.2) is 4.79 Å². The fraction of sp³-hybridized carbons (Fsp3) is 0.690. The van der Waals surface area contributed by atoms with E-state index in [-0.39, 0.29) is 47.7 Å². The molecule has 5 amide bonds. The van der Waals surface area contributed by atoms with Crippen molar-refractivity contribution in [2.75, 3.05) is 31.5 Å². The molecule has 3 fully saturated rings. The number of anilines is 1. The molecule has 4 aliphatic rings. The summed E-state index contributed by atoms with van der Waals surface area (Å²) in [6.07, 6.45) is 5.29. The Morgan fingerprint density at radius 3 is 2.38 bits per heavy atom. The summed E-state index contributed by atoms with van der Waals surface area (Å²) < 4.78 is 0. The molecule has 1 atom stereocenters. The number of nitrogens with one attached hydrogen (secondary N) is 2. The van der Waals surface area contributed by atoms with Crippen molar-refractivity contribution in [3.8, 4) is 0 Å². The lowest BCUT2D eigenvalue weighted by Crippen LogP contribution is -2.54. The molecule has 0 saturated carbocycles. The molecule has 0 aromatic carbocycles. The van der Waals surface area contributed by atoms with Gasteiger partial charge in [0.05, 0.1) is 15.9 Å². The Balaban J connectivity index is 1.28. The minimum absolute atomic E-state index is 0.0249. The molecule has 4 heterocycles. The lowest BCUT2D eigenvalue weighted by atomic mass is 9.77. The van der Waals surface area contributed by atoms with Gasteiger partial charge in [0, 0.05) is 50.6 Å². The predicted octanol–water partition coefficient (Wildman–Crippen LogP) is 3.65. The van der Waals surface area contributed by atoms with Crippen LogP contribution in [0.15, 0.2) is 0 Å². The first kappa shape index (κ1) is 28.7. The number of urea groups is 1. The van der Waals surface area contributed by atoms with Gasteiger partial charge in [-0.2, -0.15) is 0 Å². The number of carbonyl (C=O) groups is 5. The molecular weight excluding hydrogens is 530 g/mol. The Labute approximate surface area is 239 Å². The highest BCUT2D eigenvalue weighted by Crippen LogP contribution is 2.43. The van der Waals surface area contributed by atoms with E-state index < -0.39 is 5.41 Å². The van der Waals surface area contributed by atoms with Gasteiger partial charge in [-0.05, 0) is 78.3 Å². The van der Waals surface area contributed by atoms with Crippen molar-refractivity contribution < 1.29 is 24.0 Å². The molecular formula is C29H41N5O5S. The van der Waals surface area contributed by atoms with E-state index in [1.807, 2.05) is 32.6 Å². The summed E-state index contributed by atoms with van der Waals surface area (Å²) in [5, 5.41) is 6.09. The third-order valence-electron chi connectivity index (χ3n) is 8.77. The molecule has 218 valence electrons. The van der Waals surface area contributed by atoms with E-state index in [2.05, 4.69) is 15.5 Å². The number of nitrogens with zero attached hydrogens (tertiary/aromatic N) is 3. The SMILES string of the molecule is CC(C)NC(=O)Nc1sc2c(c1C(=O)N1CCC(N3CCCC4(CC(=O)N(C(C)C)C4=O)C3)CC1)CCCC2=O. The second-order valence-corrected chi connectivity index (χ2v) is 13.4.